The lowest BCUT2D eigenvalue weighted by Gasteiger charge is -2.04. The molecule has 28 heavy (non-hydrogen) atoms. The quantitative estimate of drug-likeness (QED) is 0.392. The Bertz CT molecular complexity index is 1070. The molecule has 0 atom stereocenters. The Labute approximate surface area is 166 Å². The number of thioether (sulfide) groups is 1. The Hall–Kier alpha value is -3.26. The van der Waals surface area contributed by atoms with E-state index in [0.29, 0.717) is 22.6 Å². The van der Waals surface area contributed by atoms with Crippen molar-refractivity contribution in [2.75, 3.05) is 13.0 Å². The van der Waals surface area contributed by atoms with Crippen LogP contribution in [0.2, 0.25) is 0 Å². The minimum absolute atomic E-state index is 0.583. The number of aryl methyl sites for hydroxylation is 1. The summed E-state index contributed by atoms with van der Waals surface area (Å²) in [7, 11) is 1.63. The highest BCUT2D eigenvalue weighted by atomic mass is 32.2. The molecule has 0 radical (unpaired) electrons. The Balaban J connectivity index is 1.50. The number of nitrogens with two attached hydrogens (primary N) is 1. The van der Waals surface area contributed by atoms with Crippen molar-refractivity contribution in [1.82, 2.24) is 19.9 Å². The van der Waals surface area contributed by atoms with Crippen molar-refractivity contribution in [2.24, 2.45) is 0 Å². The van der Waals surface area contributed by atoms with Crippen molar-refractivity contribution in [3.63, 3.8) is 0 Å². The summed E-state index contributed by atoms with van der Waals surface area (Å²) in [6.45, 7) is 1.91. The summed E-state index contributed by atoms with van der Waals surface area (Å²) in [4.78, 5) is 4.61. The van der Waals surface area contributed by atoms with Crippen molar-refractivity contribution in [2.45, 2.75) is 17.8 Å². The predicted octanol–water partition coefficient (Wildman–Crippen LogP) is 3.92. The highest BCUT2D eigenvalue weighted by molar-refractivity contribution is 7.98. The van der Waals surface area contributed by atoms with Crippen molar-refractivity contribution in [3.8, 4) is 28.6 Å². The number of oxazole rings is 1. The van der Waals surface area contributed by atoms with Gasteiger partial charge in [0.2, 0.25) is 11.0 Å². The zero-order valence-corrected chi connectivity index (χ0v) is 16.3. The first-order valence-electron chi connectivity index (χ1n) is 8.65. The van der Waals surface area contributed by atoms with E-state index in [0.717, 1.165) is 28.3 Å². The Morgan fingerprint density at radius 3 is 2.50 bits per heavy atom. The maximum atomic E-state index is 6.20. The number of rotatable bonds is 6. The molecule has 2 heterocycles. The van der Waals surface area contributed by atoms with Crippen LogP contribution in [0.3, 0.4) is 0 Å². The van der Waals surface area contributed by atoms with Gasteiger partial charge in [-0.2, -0.15) is 0 Å². The highest BCUT2D eigenvalue weighted by Gasteiger charge is 2.16. The van der Waals surface area contributed by atoms with E-state index >= 15 is 0 Å². The summed E-state index contributed by atoms with van der Waals surface area (Å²) in [5.41, 5.74) is 2.68. The fourth-order valence-electron chi connectivity index (χ4n) is 2.71. The maximum Gasteiger partial charge on any atom is 0.226 e. The predicted molar refractivity (Wildman–Crippen MR) is 108 cm³/mol. The molecule has 0 spiro atoms. The molecule has 4 rings (SSSR count). The third-order valence-electron chi connectivity index (χ3n) is 4.26. The van der Waals surface area contributed by atoms with E-state index < -0.39 is 0 Å². The molecule has 0 saturated heterocycles. The molecule has 0 aliphatic heterocycles. The second kappa shape index (κ2) is 7.77. The summed E-state index contributed by atoms with van der Waals surface area (Å²) in [6, 6.07) is 17.3. The van der Waals surface area contributed by atoms with Crippen LogP contribution in [-0.4, -0.2) is 27.0 Å². The first-order chi connectivity index (χ1) is 13.7. The van der Waals surface area contributed by atoms with Gasteiger partial charge in [0.15, 0.2) is 5.82 Å². The molecule has 142 valence electrons. The van der Waals surface area contributed by atoms with Crippen LogP contribution < -0.4 is 10.6 Å². The largest absolute Gasteiger partial charge is 0.497 e. The molecule has 7 nitrogen and oxygen atoms in total. The molecule has 0 saturated carbocycles. The molecule has 4 aromatic rings. The lowest BCUT2D eigenvalue weighted by Crippen LogP contribution is -2.11. The van der Waals surface area contributed by atoms with Crippen LogP contribution in [0.5, 0.6) is 5.75 Å². The van der Waals surface area contributed by atoms with Gasteiger partial charge in [-0.05, 0) is 43.3 Å². The number of aromatic nitrogens is 4. The van der Waals surface area contributed by atoms with Crippen molar-refractivity contribution in [1.29, 1.82) is 0 Å². The smallest absolute Gasteiger partial charge is 0.226 e. The normalized spacial score (nSPS) is 10.9. The SMILES string of the molecule is COc1ccc(-c2nnc(SCc3nc(-c4ccccc4)oc3C)n2N)cc1. The molecule has 0 aliphatic carbocycles. The van der Waals surface area contributed by atoms with Crippen LogP contribution >= 0.6 is 11.8 Å². The van der Waals surface area contributed by atoms with Gasteiger partial charge in [-0.15, -0.1) is 10.2 Å². The summed E-state index contributed by atoms with van der Waals surface area (Å²) < 4.78 is 12.5. The van der Waals surface area contributed by atoms with Crippen molar-refractivity contribution < 1.29 is 9.15 Å². The van der Waals surface area contributed by atoms with E-state index in [2.05, 4.69) is 15.2 Å². The molecular weight excluding hydrogens is 374 g/mol. The van der Waals surface area contributed by atoms with Gasteiger partial charge in [-0.1, -0.05) is 30.0 Å². The zero-order valence-electron chi connectivity index (χ0n) is 15.5. The maximum absolute atomic E-state index is 6.20. The number of methoxy groups -OCH3 is 1. The van der Waals surface area contributed by atoms with Gasteiger partial charge in [0, 0.05) is 16.9 Å². The first kappa shape index (κ1) is 18.1. The van der Waals surface area contributed by atoms with E-state index in [1.165, 1.54) is 16.4 Å². The molecule has 0 bridgehead atoms. The third-order valence-corrected chi connectivity index (χ3v) is 5.22. The Kier molecular flexibility index (Phi) is 5.03. The number of nitrogens with zero attached hydrogens (tertiary/aromatic N) is 4. The van der Waals surface area contributed by atoms with Gasteiger partial charge >= 0.3 is 0 Å². The number of hydrogen-bond donors (Lipinski definition) is 1. The molecule has 8 heteroatoms. The number of hydrogen-bond acceptors (Lipinski definition) is 7. The van der Waals surface area contributed by atoms with Crippen molar-refractivity contribution in [3.05, 3.63) is 66.1 Å². The molecule has 0 amide bonds. The van der Waals surface area contributed by atoms with Gasteiger partial charge < -0.3 is 15.0 Å². The van der Waals surface area contributed by atoms with Gasteiger partial charge in [0.25, 0.3) is 0 Å². The fraction of sp³-hybridized carbons (Fsp3) is 0.150. The third kappa shape index (κ3) is 3.59. The van der Waals surface area contributed by atoms with E-state index in [-0.39, 0.29) is 0 Å². The van der Waals surface area contributed by atoms with Gasteiger partial charge in [-0.25, -0.2) is 9.66 Å². The highest BCUT2D eigenvalue weighted by Crippen LogP contribution is 2.28. The molecule has 2 N–H and O–H groups in total. The molecule has 0 aliphatic rings. The van der Waals surface area contributed by atoms with Crippen LogP contribution in [0.4, 0.5) is 0 Å². The van der Waals surface area contributed by atoms with Gasteiger partial charge in [0.1, 0.15) is 11.5 Å². The standard InChI is InChI=1S/C20H19N5O2S/c1-13-17(22-19(27-13)15-6-4-3-5-7-15)12-28-20-24-23-18(25(20)21)14-8-10-16(26-2)11-9-14/h3-11H,12,21H2,1-2H3. The Morgan fingerprint density at radius 2 is 1.79 bits per heavy atom. The average molecular weight is 393 g/mol. The van der Waals surface area contributed by atoms with E-state index in [4.69, 9.17) is 15.0 Å². The Morgan fingerprint density at radius 1 is 1.04 bits per heavy atom. The summed E-state index contributed by atoms with van der Waals surface area (Å²) in [5.74, 6) is 9.54. The first-order valence-corrected chi connectivity index (χ1v) is 9.63. The van der Waals surface area contributed by atoms with Gasteiger partial charge in [-0.3, -0.25) is 0 Å². The number of nitrogen functional groups attached to an aromatic ring is 1. The van der Waals surface area contributed by atoms with Gasteiger partial charge in [0.05, 0.1) is 12.8 Å². The van der Waals surface area contributed by atoms with E-state index in [1.807, 2.05) is 61.5 Å². The van der Waals surface area contributed by atoms with Crippen LogP contribution in [-0.2, 0) is 5.75 Å². The topological polar surface area (TPSA) is 92.0 Å². The zero-order chi connectivity index (χ0) is 19.5. The number of ether oxygens (including phenoxy) is 1. The van der Waals surface area contributed by atoms with Crippen molar-refractivity contribution >= 4 is 11.8 Å². The van der Waals surface area contributed by atoms with Crippen LogP contribution in [0, 0.1) is 6.92 Å². The van der Waals surface area contributed by atoms with Crippen LogP contribution in [0.1, 0.15) is 11.5 Å². The lowest BCUT2D eigenvalue weighted by atomic mass is 10.2. The minimum atomic E-state index is 0.583. The molecule has 0 unspecified atom stereocenters. The lowest BCUT2D eigenvalue weighted by molar-refractivity contribution is 0.415. The minimum Gasteiger partial charge on any atom is -0.497 e. The second-order valence-corrected chi connectivity index (χ2v) is 7.02. The molecule has 2 aromatic heterocycles. The molecule has 0 fully saturated rings. The summed E-state index contributed by atoms with van der Waals surface area (Å²) in [5, 5.41) is 9.02. The molecular formula is C20H19N5O2S. The average Bonchev–Trinajstić information content (AvgIpc) is 3.29. The fourth-order valence-corrected chi connectivity index (χ4v) is 3.57. The summed E-state index contributed by atoms with van der Waals surface area (Å²) >= 11 is 1.46. The molecule has 2 aromatic carbocycles. The van der Waals surface area contributed by atoms with Crippen LogP contribution in [0.25, 0.3) is 22.8 Å². The second-order valence-electron chi connectivity index (χ2n) is 6.08. The van der Waals surface area contributed by atoms with E-state index in [9.17, 15) is 0 Å². The number of benzene rings is 2. The monoisotopic (exact) mass is 393 g/mol. The van der Waals surface area contributed by atoms with Crippen LogP contribution in [0.15, 0.2) is 64.2 Å². The van der Waals surface area contributed by atoms with E-state index in [1.54, 1.807) is 7.11 Å². The summed E-state index contributed by atoms with van der Waals surface area (Å²) in [6.07, 6.45) is 0.